The summed E-state index contributed by atoms with van der Waals surface area (Å²) < 4.78 is 11.6. The van der Waals surface area contributed by atoms with E-state index in [1.807, 2.05) is 6.08 Å². The van der Waals surface area contributed by atoms with Crippen molar-refractivity contribution in [1.82, 2.24) is 0 Å². The van der Waals surface area contributed by atoms with Crippen LogP contribution in [0.4, 0.5) is 0 Å². The molecule has 20 heavy (non-hydrogen) atoms. The van der Waals surface area contributed by atoms with Crippen molar-refractivity contribution in [1.29, 1.82) is 0 Å². The molecule has 0 unspecified atom stereocenters. The summed E-state index contributed by atoms with van der Waals surface area (Å²) in [7, 11) is 0. The SMILES string of the molecule is C=CCCCCC1(CCCC2OCCO2)SCCCS1. The maximum Gasteiger partial charge on any atom is 0.157 e. The Balaban J connectivity index is 1.71. The average molecular weight is 317 g/mol. The third-order valence-corrected chi connectivity index (χ3v) is 7.48. The number of unbranched alkanes of at least 4 members (excludes halogenated alkanes) is 2. The third-order valence-electron chi connectivity index (χ3n) is 3.92. The van der Waals surface area contributed by atoms with Crippen molar-refractivity contribution >= 4 is 23.5 Å². The first kappa shape index (κ1) is 16.7. The first-order valence-corrected chi connectivity index (χ1v) is 9.94. The van der Waals surface area contributed by atoms with E-state index in [1.165, 1.54) is 50.0 Å². The Kier molecular flexibility index (Phi) is 7.85. The van der Waals surface area contributed by atoms with E-state index >= 15 is 0 Å². The van der Waals surface area contributed by atoms with Gasteiger partial charge in [-0.2, -0.15) is 0 Å². The fourth-order valence-electron chi connectivity index (χ4n) is 2.83. The van der Waals surface area contributed by atoms with Crippen molar-refractivity contribution in [3.05, 3.63) is 12.7 Å². The molecule has 0 bridgehead atoms. The van der Waals surface area contributed by atoms with Gasteiger partial charge in [-0.1, -0.05) is 12.5 Å². The van der Waals surface area contributed by atoms with Crippen LogP contribution < -0.4 is 0 Å². The molecule has 0 aromatic heterocycles. The minimum Gasteiger partial charge on any atom is -0.350 e. The van der Waals surface area contributed by atoms with Crippen LogP contribution in [0.15, 0.2) is 12.7 Å². The second-order valence-electron chi connectivity index (χ2n) is 5.56. The molecule has 0 atom stereocenters. The van der Waals surface area contributed by atoms with Crippen molar-refractivity contribution in [3.8, 4) is 0 Å². The Bertz CT molecular complexity index is 272. The van der Waals surface area contributed by atoms with Crippen LogP contribution in [0.5, 0.6) is 0 Å². The van der Waals surface area contributed by atoms with Gasteiger partial charge < -0.3 is 9.47 Å². The summed E-state index contributed by atoms with van der Waals surface area (Å²) in [6, 6.07) is 0. The fraction of sp³-hybridized carbons (Fsp3) is 0.875. The number of thioether (sulfide) groups is 2. The van der Waals surface area contributed by atoms with E-state index in [0.29, 0.717) is 4.08 Å². The lowest BCUT2D eigenvalue weighted by molar-refractivity contribution is -0.0480. The lowest BCUT2D eigenvalue weighted by Gasteiger charge is -2.36. The van der Waals surface area contributed by atoms with E-state index < -0.39 is 0 Å². The van der Waals surface area contributed by atoms with Crippen LogP contribution in [0, 0.1) is 0 Å². The fourth-order valence-corrected chi connectivity index (χ4v) is 6.32. The predicted octanol–water partition coefficient (Wildman–Crippen LogP) is 4.84. The summed E-state index contributed by atoms with van der Waals surface area (Å²) in [5.74, 6) is 2.68. The van der Waals surface area contributed by atoms with Crippen LogP contribution >= 0.6 is 23.5 Å². The minimum absolute atomic E-state index is 0.0754. The van der Waals surface area contributed by atoms with Gasteiger partial charge in [0.15, 0.2) is 6.29 Å². The van der Waals surface area contributed by atoms with Gasteiger partial charge >= 0.3 is 0 Å². The summed E-state index contributed by atoms with van der Waals surface area (Å²) in [4.78, 5) is 0. The summed E-state index contributed by atoms with van der Waals surface area (Å²) in [6.07, 6.45) is 12.2. The van der Waals surface area contributed by atoms with Crippen LogP contribution in [0.1, 0.15) is 51.4 Å². The predicted molar refractivity (Wildman–Crippen MR) is 90.5 cm³/mol. The van der Waals surface area contributed by atoms with Crippen LogP contribution in [0.2, 0.25) is 0 Å². The molecule has 0 aliphatic carbocycles. The Hall–Kier alpha value is 0.360. The molecule has 0 saturated carbocycles. The number of allylic oxidation sites excluding steroid dienone is 1. The Labute approximate surface area is 132 Å². The Morgan fingerprint density at radius 2 is 1.75 bits per heavy atom. The van der Waals surface area contributed by atoms with Crippen molar-refractivity contribution in [2.24, 2.45) is 0 Å². The number of hydrogen-bond acceptors (Lipinski definition) is 4. The molecular formula is C16H28O2S2. The molecule has 2 nitrogen and oxygen atoms in total. The number of rotatable bonds is 9. The smallest absolute Gasteiger partial charge is 0.157 e. The summed E-state index contributed by atoms with van der Waals surface area (Å²) in [5.41, 5.74) is 0. The average Bonchev–Trinajstić information content (AvgIpc) is 2.98. The van der Waals surface area contributed by atoms with Gasteiger partial charge in [0, 0.05) is 0 Å². The summed E-state index contributed by atoms with van der Waals surface area (Å²) in [6.45, 7) is 5.38. The highest BCUT2D eigenvalue weighted by atomic mass is 32.2. The molecule has 0 amide bonds. The molecule has 4 heteroatoms. The summed E-state index contributed by atoms with van der Waals surface area (Å²) in [5, 5.41) is 0. The second-order valence-corrected chi connectivity index (χ2v) is 8.77. The monoisotopic (exact) mass is 316 g/mol. The second kappa shape index (κ2) is 9.39. The largest absolute Gasteiger partial charge is 0.350 e. The van der Waals surface area contributed by atoms with Crippen LogP contribution in [-0.2, 0) is 9.47 Å². The van der Waals surface area contributed by atoms with Crippen molar-refractivity contribution in [2.75, 3.05) is 24.7 Å². The molecule has 0 spiro atoms. The van der Waals surface area contributed by atoms with E-state index in [1.54, 1.807) is 0 Å². The lowest BCUT2D eigenvalue weighted by atomic mass is 10.1. The number of hydrogen-bond donors (Lipinski definition) is 0. The topological polar surface area (TPSA) is 18.5 Å². The molecule has 2 rings (SSSR count). The first-order valence-electron chi connectivity index (χ1n) is 7.97. The van der Waals surface area contributed by atoms with E-state index in [0.717, 1.165) is 26.1 Å². The van der Waals surface area contributed by atoms with Gasteiger partial charge in [-0.3, -0.25) is 0 Å². The highest BCUT2D eigenvalue weighted by molar-refractivity contribution is 8.18. The molecule has 0 aromatic rings. The maximum absolute atomic E-state index is 5.54. The van der Waals surface area contributed by atoms with Gasteiger partial charge in [-0.25, -0.2) is 0 Å². The van der Waals surface area contributed by atoms with Gasteiger partial charge in [0.2, 0.25) is 0 Å². The van der Waals surface area contributed by atoms with Crippen molar-refractivity contribution in [2.45, 2.75) is 61.7 Å². The van der Waals surface area contributed by atoms with Crippen molar-refractivity contribution in [3.63, 3.8) is 0 Å². The molecule has 116 valence electrons. The van der Waals surface area contributed by atoms with Crippen LogP contribution in [-0.4, -0.2) is 35.1 Å². The summed E-state index contributed by atoms with van der Waals surface area (Å²) >= 11 is 4.41. The zero-order chi connectivity index (χ0) is 14.1. The van der Waals surface area contributed by atoms with Crippen molar-refractivity contribution < 1.29 is 9.47 Å². The van der Waals surface area contributed by atoms with E-state index in [-0.39, 0.29) is 6.29 Å². The molecule has 2 aliphatic heterocycles. The van der Waals surface area contributed by atoms with Gasteiger partial charge in [0.1, 0.15) is 0 Å². The van der Waals surface area contributed by atoms with Crippen LogP contribution in [0.25, 0.3) is 0 Å². The molecule has 2 aliphatic rings. The molecular weight excluding hydrogens is 288 g/mol. The first-order chi connectivity index (χ1) is 9.85. The van der Waals surface area contributed by atoms with E-state index in [4.69, 9.17) is 9.47 Å². The molecule has 2 fully saturated rings. The number of ether oxygens (including phenoxy) is 2. The lowest BCUT2D eigenvalue weighted by Crippen LogP contribution is -2.25. The van der Waals surface area contributed by atoms with Gasteiger partial charge in [0.25, 0.3) is 0 Å². The van der Waals surface area contributed by atoms with Gasteiger partial charge in [-0.15, -0.1) is 30.1 Å². The minimum atomic E-state index is 0.0754. The Morgan fingerprint density at radius 3 is 2.45 bits per heavy atom. The molecule has 0 aromatic carbocycles. The third kappa shape index (κ3) is 5.63. The maximum atomic E-state index is 5.54. The van der Waals surface area contributed by atoms with E-state index in [9.17, 15) is 0 Å². The highest BCUT2D eigenvalue weighted by Gasteiger charge is 2.33. The Morgan fingerprint density at radius 1 is 1.05 bits per heavy atom. The normalized spacial score (nSPS) is 23.0. The standard InChI is InChI=1S/C16H28O2S2/c1-2-3-4-5-9-16(19-13-7-14-20-16)10-6-8-15-17-11-12-18-15/h2,15H,1,3-14H2. The van der Waals surface area contributed by atoms with Gasteiger partial charge in [-0.05, 0) is 56.5 Å². The van der Waals surface area contributed by atoms with E-state index in [2.05, 4.69) is 30.1 Å². The quantitative estimate of drug-likeness (QED) is 0.447. The molecule has 0 N–H and O–H groups in total. The zero-order valence-corrected chi connectivity index (χ0v) is 14.1. The van der Waals surface area contributed by atoms with Crippen LogP contribution in [0.3, 0.4) is 0 Å². The van der Waals surface area contributed by atoms with Gasteiger partial charge in [0.05, 0.1) is 17.3 Å². The highest BCUT2D eigenvalue weighted by Crippen LogP contribution is 2.49. The molecule has 2 heterocycles. The molecule has 2 saturated heterocycles. The molecule has 0 radical (unpaired) electrons. The zero-order valence-electron chi connectivity index (χ0n) is 12.5.